The van der Waals surface area contributed by atoms with Crippen LogP contribution in [0.2, 0.25) is 0 Å². The van der Waals surface area contributed by atoms with Crippen molar-refractivity contribution in [2.45, 2.75) is 38.6 Å². The average molecular weight is 275 g/mol. The Balaban J connectivity index is 2.00. The molecular weight excluding hydrogens is 254 g/mol. The Bertz CT molecular complexity index is 467. The number of amides is 1. The molecule has 2 rings (SSSR count). The monoisotopic (exact) mass is 275 g/mol. The van der Waals surface area contributed by atoms with Crippen LogP contribution >= 0.6 is 0 Å². The van der Waals surface area contributed by atoms with Gasteiger partial charge < -0.3 is 9.64 Å². The zero-order valence-electron chi connectivity index (χ0n) is 11.9. The Labute approximate surface area is 119 Å². The highest BCUT2D eigenvalue weighted by Crippen LogP contribution is 2.15. The zero-order chi connectivity index (χ0) is 14.4. The van der Waals surface area contributed by atoms with Crippen molar-refractivity contribution >= 4 is 11.9 Å². The number of nitrogens with zero attached hydrogens (tertiary/aromatic N) is 1. The Morgan fingerprint density at radius 2 is 1.85 bits per heavy atom. The molecule has 0 bridgehead atoms. The van der Waals surface area contributed by atoms with Crippen molar-refractivity contribution in [1.29, 1.82) is 0 Å². The predicted octanol–water partition coefficient (Wildman–Crippen LogP) is 2.77. The molecular formula is C16H21NO3. The van der Waals surface area contributed by atoms with Crippen LogP contribution in [0.4, 0.5) is 0 Å². The number of rotatable bonds is 3. The van der Waals surface area contributed by atoms with Crippen molar-refractivity contribution in [2.24, 2.45) is 0 Å². The third kappa shape index (κ3) is 3.83. The molecule has 0 saturated carbocycles. The van der Waals surface area contributed by atoms with Crippen LogP contribution in [0.1, 0.15) is 48.0 Å². The summed E-state index contributed by atoms with van der Waals surface area (Å²) < 4.78 is 4.67. The normalized spacial score (nSPS) is 16.4. The van der Waals surface area contributed by atoms with Gasteiger partial charge in [-0.3, -0.25) is 4.79 Å². The van der Waals surface area contributed by atoms with E-state index < -0.39 is 0 Å². The molecule has 1 aliphatic rings. The van der Waals surface area contributed by atoms with E-state index in [2.05, 4.69) is 4.74 Å². The van der Waals surface area contributed by atoms with Gasteiger partial charge in [0.2, 0.25) is 5.91 Å². The maximum atomic E-state index is 12.0. The third-order valence-corrected chi connectivity index (χ3v) is 3.67. The van der Waals surface area contributed by atoms with E-state index in [0.717, 1.165) is 31.4 Å². The molecule has 0 aliphatic carbocycles. The number of benzene rings is 1. The summed E-state index contributed by atoms with van der Waals surface area (Å²) in [5.41, 5.74) is 1.59. The van der Waals surface area contributed by atoms with E-state index in [1.54, 1.807) is 12.1 Å². The number of ether oxygens (including phenoxy) is 1. The molecule has 0 spiro atoms. The van der Waals surface area contributed by atoms with E-state index in [-0.39, 0.29) is 11.9 Å². The highest BCUT2D eigenvalue weighted by Gasteiger charge is 2.15. The van der Waals surface area contributed by atoms with Crippen LogP contribution in [0.15, 0.2) is 24.3 Å². The fourth-order valence-electron chi connectivity index (χ4n) is 2.47. The molecule has 1 fully saturated rings. The Morgan fingerprint density at radius 3 is 2.55 bits per heavy atom. The Kier molecular flexibility index (Phi) is 5.16. The van der Waals surface area contributed by atoms with Crippen molar-refractivity contribution in [2.75, 3.05) is 13.7 Å². The van der Waals surface area contributed by atoms with Gasteiger partial charge in [-0.2, -0.15) is 0 Å². The predicted molar refractivity (Wildman–Crippen MR) is 76.3 cm³/mol. The molecule has 4 nitrogen and oxygen atoms in total. The molecule has 1 heterocycles. The van der Waals surface area contributed by atoms with Crippen LogP contribution in [-0.2, 0) is 16.1 Å². The minimum Gasteiger partial charge on any atom is -0.465 e. The summed E-state index contributed by atoms with van der Waals surface area (Å²) in [6.45, 7) is 1.46. The number of hydrogen-bond donors (Lipinski definition) is 0. The van der Waals surface area contributed by atoms with Gasteiger partial charge >= 0.3 is 5.97 Å². The number of hydrogen-bond acceptors (Lipinski definition) is 3. The van der Waals surface area contributed by atoms with Crippen molar-refractivity contribution < 1.29 is 14.3 Å². The molecule has 0 radical (unpaired) electrons. The average Bonchev–Trinajstić information content (AvgIpc) is 2.47. The van der Waals surface area contributed by atoms with Crippen LogP contribution in [-0.4, -0.2) is 30.4 Å². The van der Waals surface area contributed by atoms with Crippen molar-refractivity contribution in [3.8, 4) is 0 Å². The molecule has 108 valence electrons. The van der Waals surface area contributed by atoms with Crippen LogP contribution in [0.5, 0.6) is 0 Å². The van der Waals surface area contributed by atoms with E-state index >= 15 is 0 Å². The van der Waals surface area contributed by atoms with Crippen LogP contribution < -0.4 is 0 Å². The number of likely N-dealkylation sites (tertiary alicyclic amines) is 1. The molecule has 1 aromatic carbocycles. The molecule has 1 aliphatic heterocycles. The summed E-state index contributed by atoms with van der Waals surface area (Å²) in [6, 6.07) is 7.27. The third-order valence-electron chi connectivity index (χ3n) is 3.67. The molecule has 1 saturated heterocycles. The van der Waals surface area contributed by atoms with E-state index in [0.29, 0.717) is 18.5 Å². The van der Waals surface area contributed by atoms with Gasteiger partial charge in [-0.1, -0.05) is 25.0 Å². The van der Waals surface area contributed by atoms with Gasteiger partial charge in [-0.15, -0.1) is 0 Å². The largest absolute Gasteiger partial charge is 0.465 e. The lowest BCUT2D eigenvalue weighted by Gasteiger charge is -2.25. The minimum atomic E-state index is -0.334. The Morgan fingerprint density at radius 1 is 1.15 bits per heavy atom. The minimum absolute atomic E-state index is 0.238. The first-order valence-corrected chi connectivity index (χ1v) is 7.16. The summed E-state index contributed by atoms with van der Waals surface area (Å²) in [5, 5.41) is 0. The molecule has 20 heavy (non-hydrogen) atoms. The first-order chi connectivity index (χ1) is 9.70. The number of carbonyl (C=O) groups is 2. The molecule has 0 unspecified atom stereocenters. The molecule has 0 N–H and O–H groups in total. The van der Waals surface area contributed by atoms with Gasteiger partial charge in [0.25, 0.3) is 0 Å². The summed E-state index contributed by atoms with van der Waals surface area (Å²) in [7, 11) is 1.37. The smallest absolute Gasteiger partial charge is 0.337 e. The fourth-order valence-corrected chi connectivity index (χ4v) is 2.47. The summed E-state index contributed by atoms with van der Waals surface area (Å²) in [5.74, 6) is -0.0966. The second kappa shape index (κ2) is 7.08. The van der Waals surface area contributed by atoms with E-state index in [1.165, 1.54) is 13.5 Å². The number of carbonyl (C=O) groups excluding carboxylic acids is 2. The first-order valence-electron chi connectivity index (χ1n) is 7.16. The number of esters is 1. The van der Waals surface area contributed by atoms with Gasteiger partial charge in [0.05, 0.1) is 12.7 Å². The molecule has 4 heteroatoms. The summed E-state index contributed by atoms with van der Waals surface area (Å²) >= 11 is 0. The lowest BCUT2D eigenvalue weighted by Crippen LogP contribution is -2.32. The fraction of sp³-hybridized carbons (Fsp3) is 0.500. The van der Waals surface area contributed by atoms with Crippen LogP contribution in [0.3, 0.4) is 0 Å². The topological polar surface area (TPSA) is 46.6 Å². The molecule has 1 amide bonds. The Hall–Kier alpha value is -1.84. The van der Waals surface area contributed by atoms with E-state index in [9.17, 15) is 9.59 Å². The maximum absolute atomic E-state index is 12.0. The zero-order valence-corrected chi connectivity index (χ0v) is 11.9. The SMILES string of the molecule is COC(=O)c1ccc(CN2CCCCCCC2=O)cc1. The van der Waals surface area contributed by atoms with Gasteiger partial charge in [0.1, 0.15) is 0 Å². The second-order valence-corrected chi connectivity index (χ2v) is 5.17. The van der Waals surface area contributed by atoms with E-state index in [1.807, 2.05) is 17.0 Å². The van der Waals surface area contributed by atoms with Crippen molar-refractivity contribution in [1.82, 2.24) is 4.90 Å². The van der Waals surface area contributed by atoms with Gasteiger partial charge in [0, 0.05) is 19.5 Å². The lowest BCUT2D eigenvalue weighted by atomic mass is 10.1. The number of methoxy groups -OCH3 is 1. The van der Waals surface area contributed by atoms with Gasteiger partial charge in [0.15, 0.2) is 0 Å². The van der Waals surface area contributed by atoms with Crippen LogP contribution in [0.25, 0.3) is 0 Å². The van der Waals surface area contributed by atoms with Gasteiger partial charge in [-0.25, -0.2) is 4.79 Å². The lowest BCUT2D eigenvalue weighted by molar-refractivity contribution is -0.132. The van der Waals surface area contributed by atoms with Crippen molar-refractivity contribution in [3.05, 3.63) is 35.4 Å². The second-order valence-electron chi connectivity index (χ2n) is 5.17. The van der Waals surface area contributed by atoms with Crippen LogP contribution in [0, 0.1) is 0 Å². The highest BCUT2D eigenvalue weighted by molar-refractivity contribution is 5.89. The molecule has 1 aromatic rings. The van der Waals surface area contributed by atoms with E-state index in [4.69, 9.17) is 0 Å². The van der Waals surface area contributed by atoms with Crippen molar-refractivity contribution in [3.63, 3.8) is 0 Å². The maximum Gasteiger partial charge on any atom is 0.337 e. The first kappa shape index (κ1) is 14.6. The molecule has 0 aromatic heterocycles. The summed E-state index contributed by atoms with van der Waals surface area (Å²) in [6.07, 6.45) is 5.08. The quantitative estimate of drug-likeness (QED) is 0.797. The standard InChI is InChI=1S/C16H21NO3/c1-20-16(19)14-9-7-13(8-10-14)12-17-11-5-3-2-4-6-15(17)18/h7-10H,2-6,11-12H2,1H3. The highest BCUT2D eigenvalue weighted by atomic mass is 16.5. The van der Waals surface area contributed by atoms with Gasteiger partial charge in [-0.05, 0) is 30.5 Å². The summed E-state index contributed by atoms with van der Waals surface area (Å²) in [4.78, 5) is 25.3. The molecule has 0 atom stereocenters.